The molecule has 0 spiro atoms. The molecule has 2 rings (SSSR count). The molecular weight excluding hydrogens is 397 g/mol. The van der Waals surface area contributed by atoms with E-state index in [-0.39, 0.29) is 6.04 Å². The van der Waals surface area contributed by atoms with Crippen LogP contribution >= 0.6 is 54.8 Å². The van der Waals surface area contributed by atoms with Gasteiger partial charge in [-0.1, -0.05) is 30.7 Å². The molecule has 0 saturated carbocycles. The van der Waals surface area contributed by atoms with E-state index < -0.39 is 0 Å². The average molecular weight is 410 g/mol. The van der Waals surface area contributed by atoms with E-state index in [2.05, 4.69) is 61.6 Å². The molecule has 18 heavy (non-hydrogen) atoms. The molecule has 0 aliphatic heterocycles. The minimum absolute atomic E-state index is 0.120. The Labute approximate surface area is 133 Å². The van der Waals surface area contributed by atoms with E-state index in [9.17, 15) is 0 Å². The monoisotopic (exact) mass is 407 g/mol. The van der Waals surface area contributed by atoms with E-state index in [1.165, 1.54) is 4.88 Å². The zero-order valence-corrected chi connectivity index (χ0v) is 14.5. The van der Waals surface area contributed by atoms with Crippen molar-refractivity contribution < 1.29 is 0 Å². The summed E-state index contributed by atoms with van der Waals surface area (Å²) in [5.74, 6) is 0. The van der Waals surface area contributed by atoms with E-state index >= 15 is 0 Å². The fraction of sp³-hybridized carbons (Fsp3) is 0.231. The van der Waals surface area contributed by atoms with Crippen molar-refractivity contribution in [3.05, 3.63) is 54.1 Å². The maximum absolute atomic E-state index is 6.40. The van der Waals surface area contributed by atoms with Crippen LogP contribution < -0.4 is 5.32 Å². The summed E-state index contributed by atoms with van der Waals surface area (Å²) in [7, 11) is 0. The van der Waals surface area contributed by atoms with Gasteiger partial charge in [-0.2, -0.15) is 0 Å². The third-order valence-electron chi connectivity index (χ3n) is 2.61. The van der Waals surface area contributed by atoms with Crippen molar-refractivity contribution >= 4 is 54.8 Å². The minimum Gasteiger partial charge on any atom is -0.306 e. The van der Waals surface area contributed by atoms with Crippen LogP contribution in [0.15, 0.2) is 38.6 Å². The molecule has 5 heteroatoms. The van der Waals surface area contributed by atoms with Gasteiger partial charge in [0.05, 0.1) is 11.1 Å². The number of nitrogens with one attached hydrogen (secondary N) is 1. The zero-order valence-electron chi connectivity index (χ0n) is 9.71. The van der Waals surface area contributed by atoms with E-state index in [1.54, 1.807) is 11.3 Å². The number of hydrogen-bond acceptors (Lipinski definition) is 2. The summed E-state index contributed by atoms with van der Waals surface area (Å²) < 4.78 is 2.05. The van der Waals surface area contributed by atoms with Crippen LogP contribution in [0.5, 0.6) is 0 Å². The Balaban J connectivity index is 2.48. The highest BCUT2D eigenvalue weighted by atomic mass is 79.9. The summed E-state index contributed by atoms with van der Waals surface area (Å²) in [4.78, 5) is 1.25. The summed E-state index contributed by atoms with van der Waals surface area (Å²) in [5.41, 5.74) is 1.09. The third kappa shape index (κ3) is 2.99. The Morgan fingerprint density at radius 1 is 1.28 bits per heavy atom. The molecule has 1 atom stereocenters. The first-order chi connectivity index (χ1) is 8.65. The van der Waals surface area contributed by atoms with Gasteiger partial charge in [-0.15, -0.1) is 11.3 Å². The Bertz CT molecular complexity index is 542. The normalized spacial score (nSPS) is 12.7. The van der Waals surface area contributed by atoms with Gasteiger partial charge in [0.25, 0.3) is 0 Å². The van der Waals surface area contributed by atoms with Crippen molar-refractivity contribution in [2.24, 2.45) is 0 Å². The van der Waals surface area contributed by atoms with Crippen LogP contribution in [-0.2, 0) is 0 Å². The number of hydrogen-bond donors (Lipinski definition) is 1. The van der Waals surface area contributed by atoms with Crippen LogP contribution in [0.1, 0.15) is 23.4 Å². The second-order valence-electron chi connectivity index (χ2n) is 3.77. The SMILES string of the molecule is CCNC(c1cccc(Br)c1Cl)c1sccc1Br. The number of halogens is 3. The molecule has 1 N–H and O–H groups in total. The molecule has 1 aromatic heterocycles. The highest BCUT2D eigenvalue weighted by Crippen LogP contribution is 2.38. The van der Waals surface area contributed by atoms with Crippen LogP contribution in [0.4, 0.5) is 0 Å². The molecule has 0 aliphatic rings. The second-order valence-corrected chi connectivity index (χ2v) is 6.80. The first kappa shape index (κ1) is 14.5. The van der Waals surface area contributed by atoms with Crippen molar-refractivity contribution in [3.63, 3.8) is 0 Å². The number of thiophene rings is 1. The van der Waals surface area contributed by atoms with Crippen LogP contribution in [0.25, 0.3) is 0 Å². The van der Waals surface area contributed by atoms with Gasteiger partial charge < -0.3 is 5.32 Å². The Morgan fingerprint density at radius 2 is 2.06 bits per heavy atom. The van der Waals surface area contributed by atoms with Crippen molar-refractivity contribution in [3.8, 4) is 0 Å². The van der Waals surface area contributed by atoms with Crippen molar-refractivity contribution in [2.45, 2.75) is 13.0 Å². The molecule has 0 fully saturated rings. The van der Waals surface area contributed by atoms with Gasteiger partial charge in [0.2, 0.25) is 0 Å². The van der Waals surface area contributed by atoms with E-state index in [1.807, 2.05) is 12.1 Å². The lowest BCUT2D eigenvalue weighted by molar-refractivity contribution is 0.638. The maximum Gasteiger partial charge on any atom is 0.0697 e. The lowest BCUT2D eigenvalue weighted by atomic mass is 10.1. The Hall–Kier alpha value is 0.130. The smallest absolute Gasteiger partial charge is 0.0697 e. The van der Waals surface area contributed by atoms with Gasteiger partial charge in [-0.25, -0.2) is 0 Å². The maximum atomic E-state index is 6.40. The summed E-state index contributed by atoms with van der Waals surface area (Å²) >= 11 is 15.2. The Morgan fingerprint density at radius 3 is 2.67 bits per heavy atom. The molecule has 96 valence electrons. The average Bonchev–Trinajstić information content (AvgIpc) is 2.76. The summed E-state index contributed by atoms with van der Waals surface area (Å²) in [6, 6.07) is 8.22. The molecule has 0 radical (unpaired) electrons. The lowest BCUT2D eigenvalue weighted by Crippen LogP contribution is -2.21. The Kier molecular flexibility index (Phi) is 5.27. The topological polar surface area (TPSA) is 12.0 Å². The molecule has 1 nitrogen and oxygen atoms in total. The third-order valence-corrected chi connectivity index (χ3v) is 5.85. The van der Waals surface area contributed by atoms with Crippen LogP contribution in [0.3, 0.4) is 0 Å². The highest BCUT2D eigenvalue weighted by Gasteiger charge is 2.20. The predicted octanol–water partition coefficient (Wildman–Crippen LogP) is 5.63. The van der Waals surface area contributed by atoms with Gasteiger partial charge in [-0.05, 0) is 61.5 Å². The molecule has 2 aromatic rings. The first-order valence-electron chi connectivity index (χ1n) is 5.55. The number of benzene rings is 1. The van der Waals surface area contributed by atoms with Crippen LogP contribution in [0.2, 0.25) is 5.02 Å². The largest absolute Gasteiger partial charge is 0.306 e. The molecule has 1 unspecified atom stereocenters. The lowest BCUT2D eigenvalue weighted by Gasteiger charge is -2.19. The van der Waals surface area contributed by atoms with Gasteiger partial charge in [-0.3, -0.25) is 0 Å². The predicted molar refractivity (Wildman–Crippen MR) is 86.7 cm³/mol. The fourth-order valence-corrected chi connectivity index (χ4v) is 4.11. The van der Waals surface area contributed by atoms with Crippen LogP contribution in [-0.4, -0.2) is 6.54 Å². The standard InChI is InChI=1S/C13H12Br2ClNS/c1-2-17-12(13-10(15)6-7-18-13)8-4-3-5-9(14)11(8)16/h3-7,12,17H,2H2,1H3. The minimum atomic E-state index is 0.120. The summed E-state index contributed by atoms with van der Waals surface area (Å²) in [5, 5.41) is 6.33. The molecule has 0 bridgehead atoms. The van der Waals surface area contributed by atoms with Crippen LogP contribution in [0, 0.1) is 0 Å². The van der Waals surface area contributed by atoms with Gasteiger partial charge >= 0.3 is 0 Å². The van der Waals surface area contributed by atoms with E-state index in [0.29, 0.717) is 0 Å². The van der Waals surface area contributed by atoms with Gasteiger partial charge in [0.1, 0.15) is 0 Å². The second kappa shape index (κ2) is 6.53. The van der Waals surface area contributed by atoms with Gasteiger partial charge in [0, 0.05) is 13.8 Å². The fourth-order valence-electron chi connectivity index (χ4n) is 1.80. The summed E-state index contributed by atoms with van der Waals surface area (Å²) in [6.07, 6.45) is 0. The highest BCUT2D eigenvalue weighted by molar-refractivity contribution is 9.10. The molecule has 0 saturated heterocycles. The van der Waals surface area contributed by atoms with E-state index in [0.717, 1.165) is 26.1 Å². The van der Waals surface area contributed by atoms with Gasteiger partial charge in [0.15, 0.2) is 0 Å². The van der Waals surface area contributed by atoms with Crippen molar-refractivity contribution in [1.82, 2.24) is 5.32 Å². The quantitative estimate of drug-likeness (QED) is 0.690. The summed E-state index contributed by atoms with van der Waals surface area (Å²) in [6.45, 7) is 2.98. The zero-order chi connectivity index (χ0) is 13.1. The molecule has 0 amide bonds. The van der Waals surface area contributed by atoms with Crippen molar-refractivity contribution in [2.75, 3.05) is 6.54 Å². The molecule has 0 aliphatic carbocycles. The molecule has 1 heterocycles. The molecular formula is C13H12Br2ClNS. The number of rotatable bonds is 4. The van der Waals surface area contributed by atoms with Crippen molar-refractivity contribution in [1.29, 1.82) is 0 Å². The molecule has 1 aromatic carbocycles. The first-order valence-corrected chi connectivity index (χ1v) is 8.39. The van der Waals surface area contributed by atoms with E-state index in [4.69, 9.17) is 11.6 Å².